The monoisotopic (exact) mass is 380 g/mol. The molecule has 1 N–H and O–H groups in total. The van der Waals surface area contributed by atoms with E-state index in [1.54, 1.807) is 6.26 Å². The smallest absolute Gasteiger partial charge is 0.144 e. The summed E-state index contributed by atoms with van der Waals surface area (Å²) in [6, 6.07) is 9.27. The number of fused-ring (bicyclic) bond motifs is 1. The molecule has 4 nitrogen and oxygen atoms in total. The summed E-state index contributed by atoms with van der Waals surface area (Å²) in [5, 5.41) is 10.7. The summed E-state index contributed by atoms with van der Waals surface area (Å²) in [5.74, 6) is 1.17. The van der Waals surface area contributed by atoms with E-state index in [1.165, 1.54) is 49.2 Å². The van der Waals surface area contributed by atoms with Gasteiger partial charge in [0.1, 0.15) is 12.3 Å². The Kier molecular flexibility index (Phi) is 5.27. The Labute approximate surface area is 168 Å². The van der Waals surface area contributed by atoms with Gasteiger partial charge in [0.2, 0.25) is 0 Å². The fraction of sp³-hybridized carbons (Fsp3) is 0.583. The first-order valence-electron chi connectivity index (χ1n) is 11.0. The van der Waals surface area contributed by atoms with Crippen LogP contribution in [0.1, 0.15) is 36.8 Å². The van der Waals surface area contributed by atoms with E-state index in [9.17, 15) is 5.11 Å². The highest BCUT2D eigenvalue weighted by Crippen LogP contribution is 2.43. The predicted octanol–water partition coefficient (Wildman–Crippen LogP) is 3.28. The maximum atomic E-state index is 10.7. The third-order valence-electron chi connectivity index (χ3n) is 7.14. The van der Waals surface area contributed by atoms with Crippen LogP contribution in [0.5, 0.6) is 0 Å². The minimum Gasteiger partial charge on any atom is -0.494 e. The Morgan fingerprint density at radius 3 is 2.64 bits per heavy atom. The Morgan fingerprint density at radius 1 is 1.07 bits per heavy atom. The number of ether oxygens (including phenoxy) is 1. The van der Waals surface area contributed by atoms with Gasteiger partial charge in [-0.25, -0.2) is 0 Å². The molecule has 0 bridgehead atoms. The molecular weight excluding hydrogens is 348 g/mol. The second-order valence-electron chi connectivity index (χ2n) is 8.91. The zero-order valence-electron chi connectivity index (χ0n) is 16.7. The molecule has 1 aromatic rings. The molecule has 28 heavy (non-hydrogen) atoms. The van der Waals surface area contributed by atoms with Crippen molar-refractivity contribution in [1.82, 2.24) is 9.80 Å². The highest BCUT2D eigenvalue weighted by atomic mass is 16.5. The lowest BCUT2D eigenvalue weighted by atomic mass is 9.90. The van der Waals surface area contributed by atoms with Crippen molar-refractivity contribution in [2.45, 2.75) is 44.4 Å². The number of aliphatic hydroxyl groups is 1. The van der Waals surface area contributed by atoms with Gasteiger partial charge < -0.3 is 14.7 Å². The third-order valence-corrected chi connectivity index (χ3v) is 7.14. The molecule has 1 aromatic carbocycles. The average molecular weight is 381 g/mol. The summed E-state index contributed by atoms with van der Waals surface area (Å²) in [6.45, 7) is 5.65. The molecule has 2 fully saturated rings. The lowest BCUT2D eigenvalue weighted by Crippen LogP contribution is -2.42. The van der Waals surface area contributed by atoms with Crippen molar-refractivity contribution in [1.29, 1.82) is 0 Å². The zero-order chi connectivity index (χ0) is 18.9. The van der Waals surface area contributed by atoms with Crippen molar-refractivity contribution in [2.75, 3.05) is 32.7 Å². The van der Waals surface area contributed by atoms with Crippen molar-refractivity contribution < 1.29 is 9.84 Å². The Bertz CT molecular complexity index is 727. The molecule has 2 saturated heterocycles. The lowest BCUT2D eigenvalue weighted by Gasteiger charge is -2.28. The maximum Gasteiger partial charge on any atom is 0.144 e. The third kappa shape index (κ3) is 3.66. The first kappa shape index (κ1) is 18.4. The summed E-state index contributed by atoms with van der Waals surface area (Å²) < 4.78 is 5.54. The number of likely N-dealkylation sites (tertiary alicyclic amines) is 2. The van der Waals surface area contributed by atoms with Gasteiger partial charge in [-0.2, -0.15) is 0 Å². The van der Waals surface area contributed by atoms with Crippen LogP contribution in [0.2, 0.25) is 0 Å². The molecule has 3 heterocycles. The standard InChI is InChI=1S/C24H32N2O2/c27-24(23-4-3-15-28-23)26-16-20-9-10-21(22(20)17-26)19-7-5-18(6-8-19)11-14-25-12-1-2-13-25/h3,5-8,10,15,20,22-24,27H,1-2,4,9,11-14,16-17H2/t20-,22+,23?,24?/m1/s1. The molecule has 4 aliphatic rings. The lowest BCUT2D eigenvalue weighted by molar-refractivity contribution is -0.0714. The molecule has 4 atom stereocenters. The van der Waals surface area contributed by atoms with Crippen LogP contribution < -0.4 is 0 Å². The van der Waals surface area contributed by atoms with Crippen molar-refractivity contribution in [3.05, 3.63) is 53.8 Å². The molecule has 0 aromatic heterocycles. The average Bonchev–Trinajstić information content (AvgIpc) is 3.51. The van der Waals surface area contributed by atoms with Crippen LogP contribution in [0, 0.1) is 11.8 Å². The van der Waals surface area contributed by atoms with Gasteiger partial charge in [0.05, 0.1) is 6.26 Å². The SMILES string of the molecule is OC(C1CC=CO1)N1C[C@H]2CC=C(c3ccc(CCN4CCCC4)cc3)[C@H]2C1. The Morgan fingerprint density at radius 2 is 1.89 bits per heavy atom. The van der Waals surface area contributed by atoms with E-state index in [0.717, 1.165) is 32.4 Å². The van der Waals surface area contributed by atoms with E-state index >= 15 is 0 Å². The second-order valence-corrected chi connectivity index (χ2v) is 8.91. The summed E-state index contributed by atoms with van der Waals surface area (Å²) in [7, 11) is 0. The highest BCUT2D eigenvalue weighted by Gasteiger charge is 2.42. The van der Waals surface area contributed by atoms with Crippen molar-refractivity contribution in [3.8, 4) is 0 Å². The van der Waals surface area contributed by atoms with Gasteiger partial charge in [0, 0.05) is 32.0 Å². The number of allylic oxidation sites excluding steroid dienone is 1. The summed E-state index contributed by atoms with van der Waals surface area (Å²) >= 11 is 0. The molecule has 0 spiro atoms. The van der Waals surface area contributed by atoms with Gasteiger partial charge >= 0.3 is 0 Å². The van der Waals surface area contributed by atoms with Crippen molar-refractivity contribution >= 4 is 5.57 Å². The van der Waals surface area contributed by atoms with Gasteiger partial charge in [-0.1, -0.05) is 30.3 Å². The van der Waals surface area contributed by atoms with Gasteiger partial charge in [-0.15, -0.1) is 0 Å². The van der Waals surface area contributed by atoms with E-state index in [0.29, 0.717) is 11.8 Å². The number of rotatable bonds is 6. The molecule has 150 valence electrons. The van der Waals surface area contributed by atoms with Crippen LogP contribution in [0.15, 0.2) is 42.7 Å². The zero-order valence-corrected chi connectivity index (χ0v) is 16.7. The van der Waals surface area contributed by atoms with Crippen LogP contribution in [-0.2, 0) is 11.2 Å². The van der Waals surface area contributed by atoms with E-state index in [4.69, 9.17) is 4.74 Å². The summed E-state index contributed by atoms with van der Waals surface area (Å²) in [5.41, 5.74) is 4.30. The van der Waals surface area contributed by atoms with Gasteiger partial charge in [0.25, 0.3) is 0 Å². The van der Waals surface area contributed by atoms with Gasteiger partial charge in [-0.3, -0.25) is 4.90 Å². The topological polar surface area (TPSA) is 35.9 Å². The van der Waals surface area contributed by atoms with Crippen LogP contribution in [-0.4, -0.2) is 60.0 Å². The molecule has 0 amide bonds. The molecule has 4 heteroatoms. The number of hydrogen-bond donors (Lipinski definition) is 1. The minimum absolute atomic E-state index is 0.0962. The largest absolute Gasteiger partial charge is 0.494 e. The Balaban J connectivity index is 1.19. The summed E-state index contributed by atoms with van der Waals surface area (Å²) in [6.07, 6.45) is 11.4. The number of nitrogens with zero attached hydrogens (tertiary/aromatic N) is 2. The number of aliphatic hydroxyl groups excluding tert-OH is 1. The van der Waals surface area contributed by atoms with Crippen LogP contribution in [0.3, 0.4) is 0 Å². The second kappa shape index (κ2) is 8.02. The van der Waals surface area contributed by atoms with E-state index in [2.05, 4.69) is 40.1 Å². The van der Waals surface area contributed by atoms with Crippen molar-refractivity contribution in [3.63, 3.8) is 0 Å². The van der Waals surface area contributed by atoms with E-state index in [1.807, 2.05) is 6.08 Å². The molecular formula is C24H32N2O2. The molecule has 2 unspecified atom stereocenters. The van der Waals surface area contributed by atoms with Gasteiger partial charge in [0.15, 0.2) is 0 Å². The fourth-order valence-electron chi connectivity index (χ4n) is 5.46. The molecule has 5 rings (SSSR count). The number of hydrogen-bond acceptors (Lipinski definition) is 4. The Hall–Kier alpha value is -1.62. The molecule has 0 radical (unpaired) electrons. The molecule has 3 aliphatic heterocycles. The summed E-state index contributed by atoms with van der Waals surface area (Å²) in [4.78, 5) is 4.81. The normalized spacial score (nSPS) is 31.2. The minimum atomic E-state index is -0.491. The van der Waals surface area contributed by atoms with Crippen molar-refractivity contribution in [2.24, 2.45) is 11.8 Å². The first-order chi connectivity index (χ1) is 13.8. The molecule has 1 aliphatic carbocycles. The highest BCUT2D eigenvalue weighted by molar-refractivity contribution is 5.70. The van der Waals surface area contributed by atoms with Crippen LogP contribution in [0.25, 0.3) is 5.57 Å². The number of benzene rings is 1. The predicted molar refractivity (Wildman–Crippen MR) is 112 cm³/mol. The maximum absolute atomic E-state index is 10.7. The quantitative estimate of drug-likeness (QED) is 0.822. The van der Waals surface area contributed by atoms with E-state index in [-0.39, 0.29) is 6.10 Å². The fourth-order valence-corrected chi connectivity index (χ4v) is 5.46. The molecule has 0 saturated carbocycles. The van der Waals surface area contributed by atoms with Crippen LogP contribution >= 0.6 is 0 Å². The van der Waals surface area contributed by atoms with Crippen LogP contribution in [0.4, 0.5) is 0 Å². The first-order valence-corrected chi connectivity index (χ1v) is 11.0. The van der Waals surface area contributed by atoms with E-state index < -0.39 is 6.23 Å². The van der Waals surface area contributed by atoms with Gasteiger partial charge in [-0.05, 0) is 67.5 Å².